The van der Waals surface area contributed by atoms with Crippen molar-refractivity contribution in [3.05, 3.63) is 93.5 Å². The van der Waals surface area contributed by atoms with Crippen molar-refractivity contribution < 1.29 is 14.3 Å². The van der Waals surface area contributed by atoms with E-state index in [1.165, 1.54) is 0 Å². The van der Waals surface area contributed by atoms with Crippen LogP contribution in [0.2, 0.25) is 10.0 Å². The molecule has 0 aliphatic carbocycles. The second-order valence-electron chi connectivity index (χ2n) is 8.89. The molecule has 0 saturated carbocycles. The summed E-state index contributed by atoms with van der Waals surface area (Å²) in [7, 11) is 1.89. The third-order valence-electron chi connectivity index (χ3n) is 7.49. The summed E-state index contributed by atoms with van der Waals surface area (Å²) in [6.45, 7) is 0.499. The molecule has 2 spiro atoms. The lowest BCUT2D eigenvalue weighted by atomic mass is 9.57. The molecular formula is C26H20Cl2N2O3. The average Bonchev–Trinajstić information content (AvgIpc) is 3.25. The van der Waals surface area contributed by atoms with E-state index in [-0.39, 0.29) is 18.3 Å². The van der Waals surface area contributed by atoms with Gasteiger partial charge in [-0.1, -0.05) is 59.6 Å². The molecule has 5 nitrogen and oxygen atoms in total. The van der Waals surface area contributed by atoms with Crippen molar-refractivity contribution in [2.75, 3.05) is 25.5 Å². The van der Waals surface area contributed by atoms with E-state index in [0.717, 1.165) is 11.1 Å². The second-order valence-corrected chi connectivity index (χ2v) is 9.74. The highest BCUT2D eigenvalue weighted by Gasteiger charge is 2.75. The lowest BCUT2D eigenvalue weighted by molar-refractivity contribution is -0.131. The topological polar surface area (TPSA) is 58.6 Å². The molecule has 166 valence electrons. The van der Waals surface area contributed by atoms with Gasteiger partial charge in [0.05, 0.1) is 5.56 Å². The smallest absolute Gasteiger partial charge is 0.250 e. The van der Waals surface area contributed by atoms with Crippen LogP contribution in [0.15, 0.2) is 66.7 Å². The van der Waals surface area contributed by atoms with Crippen molar-refractivity contribution in [1.82, 2.24) is 4.90 Å². The number of nitrogens with one attached hydrogen (secondary N) is 1. The zero-order chi connectivity index (χ0) is 23.0. The molecule has 3 aromatic rings. The first-order valence-corrected chi connectivity index (χ1v) is 11.5. The summed E-state index contributed by atoms with van der Waals surface area (Å²) in [5, 5.41) is 4.01. The number of anilines is 1. The zero-order valence-corrected chi connectivity index (χ0v) is 19.3. The van der Waals surface area contributed by atoms with Crippen LogP contribution in [-0.4, -0.2) is 36.8 Å². The molecule has 3 atom stereocenters. The predicted octanol–water partition coefficient (Wildman–Crippen LogP) is 5.13. The summed E-state index contributed by atoms with van der Waals surface area (Å²) in [5.74, 6) is -0.206. The van der Waals surface area contributed by atoms with Gasteiger partial charge in [-0.25, -0.2) is 0 Å². The number of likely N-dealkylation sites (N-methyl/N-ethyl adjacent to an activating group) is 1. The quantitative estimate of drug-likeness (QED) is 0.526. The Kier molecular flexibility index (Phi) is 4.44. The minimum atomic E-state index is -1.25. The van der Waals surface area contributed by atoms with Crippen LogP contribution >= 0.6 is 23.2 Å². The Morgan fingerprint density at radius 3 is 2.61 bits per heavy atom. The standard InChI is InChI=1S/C26H20Cl2N2O3/c1-30-13-19(16-11-10-15(27)12-20(16)28)25(14-33-22-9-5-2-6-17(22)23(25)31)26(30)18-7-3-4-8-21(18)29-24(26)32/h2-12,19H,13-14H2,1H3,(H,29,32)/t19-,25-,26-/m0/s1. The van der Waals surface area contributed by atoms with Gasteiger partial charge in [-0.2, -0.15) is 0 Å². The van der Waals surface area contributed by atoms with Crippen molar-refractivity contribution in [2.45, 2.75) is 11.5 Å². The lowest BCUT2D eigenvalue weighted by Gasteiger charge is -2.47. The van der Waals surface area contributed by atoms with Gasteiger partial charge in [0.1, 0.15) is 23.3 Å². The van der Waals surface area contributed by atoms with Gasteiger partial charge in [-0.3, -0.25) is 14.5 Å². The number of ether oxygens (including phenoxy) is 1. The van der Waals surface area contributed by atoms with E-state index in [1.807, 2.05) is 54.4 Å². The Hall–Kier alpha value is -2.86. The van der Waals surface area contributed by atoms with Crippen molar-refractivity contribution in [3.8, 4) is 5.75 Å². The molecule has 1 amide bonds. The largest absolute Gasteiger partial charge is 0.492 e. The van der Waals surface area contributed by atoms with Gasteiger partial charge < -0.3 is 10.1 Å². The zero-order valence-electron chi connectivity index (χ0n) is 17.8. The van der Waals surface area contributed by atoms with Crippen LogP contribution < -0.4 is 10.1 Å². The predicted molar refractivity (Wildman–Crippen MR) is 127 cm³/mol. The van der Waals surface area contributed by atoms with Gasteiger partial charge in [0.25, 0.3) is 5.91 Å². The number of likely N-dealkylation sites (tertiary alicyclic amines) is 1. The number of carbonyl (C=O) groups is 2. The number of ketones is 1. The molecule has 6 rings (SSSR count). The Morgan fingerprint density at radius 1 is 1.03 bits per heavy atom. The molecule has 1 N–H and O–H groups in total. The summed E-state index contributed by atoms with van der Waals surface area (Å²) in [6.07, 6.45) is 0. The molecule has 1 fully saturated rings. The second kappa shape index (κ2) is 7.07. The first-order chi connectivity index (χ1) is 15.9. The maximum absolute atomic E-state index is 14.5. The number of hydrogen-bond acceptors (Lipinski definition) is 4. The van der Waals surface area contributed by atoms with Crippen molar-refractivity contribution in [2.24, 2.45) is 5.41 Å². The molecule has 3 aliphatic heterocycles. The fourth-order valence-electron chi connectivity index (χ4n) is 6.18. The van der Waals surface area contributed by atoms with E-state index in [0.29, 0.717) is 33.6 Å². The maximum atomic E-state index is 14.5. The monoisotopic (exact) mass is 478 g/mol. The number of amides is 1. The van der Waals surface area contributed by atoms with Crippen LogP contribution in [0.5, 0.6) is 5.75 Å². The van der Waals surface area contributed by atoms with Crippen LogP contribution in [0.4, 0.5) is 5.69 Å². The SMILES string of the molecule is CN1C[C@@H](c2ccc(Cl)cc2Cl)[C@]2(COc3ccccc3C2=O)[C@]12C(=O)Nc1ccccc12. The summed E-state index contributed by atoms with van der Waals surface area (Å²) < 4.78 is 6.25. The molecule has 0 aromatic heterocycles. The summed E-state index contributed by atoms with van der Waals surface area (Å²) in [5.41, 5.74) is 0.264. The molecule has 0 unspecified atom stereocenters. The Bertz CT molecular complexity index is 1340. The van der Waals surface area contributed by atoms with Gasteiger partial charge >= 0.3 is 0 Å². The van der Waals surface area contributed by atoms with E-state index in [2.05, 4.69) is 5.32 Å². The van der Waals surface area contributed by atoms with Crippen LogP contribution in [0, 0.1) is 5.41 Å². The molecule has 33 heavy (non-hydrogen) atoms. The minimum absolute atomic E-state index is 0.0541. The number of hydrogen-bond donors (Lipinski definition) is 1. The maximum Gasteiger partial charge on any atom is 0.250 e. The van der Waals surface area contributed by atoms with Crippen LogP contribution in [0.25, 0.3) is 0 Å². The Balaban J connectivity index is 1.68. The number of fused-ring (bicyclic) bond motifs is 4. The van der Waals surface area contributed by atoms with Crippen molar-refractivity contribution in [1.29, 1.82) is 0 Å². The summed E-state index contributed by atoms with van der Waals surface area (Å²) >= 11 is 12.9. The molecule has 3 heterocycles. The average molecular weight is 479 g/mol. The van der Waals surface area contributed by atoms with Crippen molar-refractivity contribution in [3.63, 3.8) is 0 Å². The van der Waals surface area contributed by atoms with Gasteiger partial charge in [0.15, 0.2) is 5.78 Å². The first kappa shape index (κ1) is 20.7. The summed E-state index contributed by atoms with van der Waals surface area (Å²) in [4.78, 5) is 30.4. The van der Waals surface area contributed by atoms with Gasteiger partial charge in [0, 0.05) is 33.8 Å². The summed E-state index contributed by atoms with van der Waals surface area (Å²) in [6, 6.07) is 20.1. The molecule has 0 bridgehead atoms. The van der Waals surface area contributed by atoms with Gasteiger partial charge in [0.2, 0.25) is 0 Å². The number of nitrogens with zero attached hydrogens (tertiary/aromatic N) is 1. The van der Waals surface area contributed by atoms with Crippen LogP contribution in [0.3, 0.4) is 0 Å². The van der Waals surface area contributed by atoms with Gasteiger partial charge in [-0.05, 0) is 42.9 Å². The number of halogens is 2. The fraction of sp³-hybridized carbons (Fsp3) is 0.231. The normalized spacial score (nSPS) is 28.0. The first-order valence-electron chi connectivity index (χ1n) is 10.7. The molecule has 1 saturated heterocycles. The molecule has 7 heteroatoms. The van der Waals surface area contributed by atoms with Crippen LogP contribution in [0.1, 0.15) is 27.4 Å². The minimum Gasteiger partial charge on any atom is -0.492 e. The highest BCUT2D eigenvalue weighted by Crippen LogP contribution is 2.65. The lowest BCUT2D eigenvalue weighted by Crippen LogP contribution is -2.62. The number of rotatable bonds is 1. The fourth-order valence-corrected chi connectivity index (χ4v) is 6.72. The van der Waals surface area contributed by atoms with E-state index in [4.69, 9.17) is 27.9 Å². The van der Waals surface area contributed by atoms with Gasteiger partial charge in [-0.15, -0.1) is 0 Å². The van der Waals surface area contributed by atoms with Crippen molar-refractivity contribution >= 4 is 40.6 Å². The van der Waals surface area contributed by atoms with E-state index < -0.39 is 16.9 Å². The van der Waals surface area contributed by atoms with E-state index in [9.17, 15) is 9.59 Å². The van der Waals surface area contributed by atoms with E-state index >= 15 is 0 Å². The van der Waals surface area contributed by atoms with E-state index in [1.54, 1.807) is 24.3 Å². The third kappa shape index (κ3) is 2.47. The third-order valence-corrected chi connectivity index (χ3v) is 8.06. The molecule has 3 aliphatic rings. The van der Waals surface area contributed by atoms with Crippen LogP contribution in [-0.2, 0) is 10.3 Å². The number of para-hydroxylation sites is 2. The Labute approximate surface area is 201 Å². The number of carbonyl (C=O) groups excluding carboxylic acids is 2. The molecular weight excluding hydrogens is 459 g/mol. The highest BCUT2D eigenvalue weighted by molar-refractivity contribution is 6.35. The molecule has 3 aromatic carbocycles. The highest BCUT2D eigenvalue weighted by atomic mass is 35.5. The molecule has 0 radical (unpaired) electrons. The number of benzene rings is 3. The number of Topliss-reactive ketones (excluding diaryl/α,β-unsaturated/α-hetero) is 1. The Morgan fingerprint density at radius 2 is 1.79 bits per heavy atom.